The molecule has 4 heterocycles. The number of rotatable bonds is 17. The van der Waals surface area contributed by atoms with E-state index in [2.05, 4.69) is 24.0 Å². The van der Waals surface area contributed by atoms with Gasteiger partial charge in [0, 0.05) is 90.6 Å². The number of nitro benzene ring substituents is 1. The van der Waals surface area contributed by atoms with Gasteiger partial charge in [0.1, 0.15) is 11.4 Å². The number of hydrogen-bond acceptors (Lipinski definition) is 15. The van der Waals surface area contributed by atoms with Gasteiger partial charge in [-0.1, -0.05) is 73.4 Å². The Bertz CT molecular complexity index is 3590. The van der Waals surface area contributed by atoms with Crippen LogP contribution in [0.4, 0.5) is 22.7 Å². The molecule has 2 aliphatic carbocycles. The third-order valence-corrected chi connectivity index (χ3v) is 18.9. The van der Waals surface area contributed by atoms with Crippen LogP contribution in [0.15, 0.2) is 107 Å². The molecular weight excluding hydrogens is 1080 g/mol. The molecule has 0 atom stereocenters. The van der Waals surface area contributed by atoms with Gasteiger partial charge < -0.3 is 25.0 Å². The van der Waals surface area contributed by atoms with Crippen LogP contribution < -0.4 is 36.1 Å². The topological polar surface area (TPSA) is 239 Å². The van der Waals surface area contributed by atoms with Gasteiger partial charge in [-0.05, 0) is 98.7 Å². The summed E-state index contributed by atoms with van der Waals surface area (Å²) in [5.74, 6) is -0.0501. The van der Waals surface area contributed by atoms with E-state index >= 15 is 0 Å². The van der Waals surface area contributed by atoms with E-state index in [0.717, 1.165) is 31.2 Å². The average Bonchev–Trinajstić information content (AvgIpc) is 4.35. The second-order valence-corrected chi connectivity index (χ2v) is 26.0. The lowest BCUT2D eigenvalue weighted by Gasteiger charge is -2.35. The molecule has 0 spiro atoms. The summed E-state index contributed by atoms with van der Waals surface area (Å²) in [7, 11) is -7.26. The van der Waals surface area contributed by atoms with Gasteiger partial charge in [-0.2, -0.15) is 28.2 Å². The van der Waals surface area contributed by atoms with E-state index < -0.39 is 30.5 Å². The van der Waals surface area contributed by atoms with Gasteiger partial charge in [0.15, 0.2) is 0 Å². The molecule has 0 radical (unpaired) electrons. The summed E-state index contributed by atoms with van der Waals surface area (Å²) < 4.78 is 70.3. The molecule has 4 aliphatic rings. The number of halogens is 2. The van der Waals surface area contributed by atoms with Crippen molar-refractivity contribution in [2.24, 2.45) is 10.8 Å². The molecule has 2 saturated carbocycles. The van der Waals surface area contributed by atoms with E-state index in [9.17, 15) is 36.5 Å². The molecule has 2 N–H and O–H groups in total. The second kappa shape index (κ2) is 22.7. The fourth-order valence-electron chi connectivity index (χ4n) is 9.11. The molecule has 2 aromatic heterocycles. The fourth-order valence-corrected chi connectivity index (χ4v) is 12.5. The minimum atomic E-state index is -3.72. The zero-order valence-electron chi connectivity index (χ0n) is 43.8. The van der Waals surface area contributed by atoms with Crippen LogP contribution in [0.3, 0.4) is 0 Å². The summed E-state index contributed by atoms with van der Waals surface area (Å²) in [6.45, 7) is 11.0. The highest BCUT2D eigenvalue weighted by atomic mass is 35.5. The van der Waals surface area contributed by atoms with Crippen molar-refractivity contribution in [1.82, 2.24) is 28.2 Å². The van der Waals surface area contributed by atoms with Crippen LogP contribution in [0, 0.1) is 34.8 Å². The van der Waals surface area contributed by atoms with Crippen LogP contribution in [0.5, 0.6) is 11.5 Å². The van der Waals surface area contributed by atoms with Gasteiger partial charge in [0.2, 0.25) is 31.5 Å². The van der Waals surface area contributed by atoms with Crippen LogP contribution in [0.2, 0.25) is 10.0 Å². The first kappa shape index (κ1) is 56.2. The monoisotopic (exact) mass is 1140 g/mol. The zero-order valence-corrected chi connectivity index (χ0v) is 47.0. The Hall–Kier alpha value is -6.56. The number of benzene rings is 4. The number of anilines is 3. The van der Waals surface area contributed by atoms with E-state index in [0.29, 0.717) is 94.6 Å². The SMILES string of the molecule is Cc1ccc(CS(=O)(=O)N2CCN(c3cnn(-c4cccc(Cl)c4)c(=O)c3OCC3(C)CC3)CC2)cc1N.Cc1ccc(CS(=O)(=O)N2CCN(c3cnn(-c4cccc(Cl)c4)c(=O)c3OCC3(C)CC3)CC2)cc1[N+](=O)[O-]. The van der Waals surface area contributed by atoms with Crippen molar-refractivity contribution < 1.29 is 31.2 Å². The zero-order chi connectivity index (χ0) is 55.7. The van der Waals surface area contributed by atoms with Gasteiger partial charge >= 0.3 is 11.1 Å². The third kappa shape index (κ3) is 13.1. The summed E-state index contributed by atoms with van der Waals surface area (Å²) in [5, 5.41) is 21.0. The lowest BCUT2D eigenvalue weighted by Crippen LogP contribution is -2.49. The van der Waals surface area contributed by atoms with E-state index in [1.807, 2.05) is 22.8 Å². The first-order valence-electron chi connectivity index (χ1n) is 25.6. The van der Waals surface area contributed by atoms with Crippen molar-refractivity contribution in [3.63, 3.8) is 0 Å². The average molecular weight is 1150 g/mol. The van der Waals surface area contributed by atoms with Gasteiger partial charge in [-0.3, -0.25) is 19.7 Å². The van der Waals surface area contributed by atoms with Crippen molar-refractivity contribution in [1.29, 1.82) is 0 Å². The lowest BCUT2D eigenvalue weighted by atomic mass is 10.1. The van der Waals surface area contributed by atoms with Crippen molar-refractivity contribution in [2.45, 2.75) is 64.9 Å². The molecular formula is C54H62Cl2N10O10S2. The van der Waals surface area contributed by atoms with E-state index in [1.54, 1.807) is 92.1 Å². The Morgan fingerprint density at radius 2 is 1.03 bits per heavy atom. The quantitative estimate of drug-likeness (QED) is 0.0527. The Morgan fingerprint density at radius 3 is 1.41 bits per heavy atom. The standard InChI is InChI=1S/C27H30ClN5O6S.C27H32ClN5O4S/c1-19-6-7-20(14-23(19)33(35)36)17-40(37,38)31-12-10-30(11-13-31)24-16-29-32(22-5-3-4-21(28)15-22)26(34)25(24)39-18-27(2)8-9-27;1-19-6-7-20(14-23(19)29)17-38(35,36)32-12-10-31(11-13-32)24-16-30-33(22-5-3-4-21(28)15-22)26(34)25(24)37-18-27(2)8-9-27/h3-7,14-16H,8-13,17-18H2,1-2H3;3-7,14-16H,8-13,17-18,29H2,1-2H3. The third-order valence-electron chi connectivity index (χ3n) is 14.7. The molecule has 0 amide bonds. The highest BCUT2D eigenvalue weighted by Crippen LogP contribution is 2.46. The minimum Gasteiger partial charge on any atom is -0.486 e. The van der Waals surface area contributed by atoms with Crippen LogP contribution in [-0.4, -0.2) is 116 Å². The predicted molar refractivity (Wildman–Crippen MR) is 302 cm³/mol. The van der Waals surface area contributed by atoms with Crippen LogP contribution in [-0.2, 0) is 31.6 Å². The van der Waals surface area contributed by atoms with Gasteiger partial charge in [-0.25, -0.2) is 16.8 Å². The molecule has 2 aliphatic heterocycles. The number of ether oxygens (including phenoxy) is 2. The lowest BCUT2D eigenvalue weighted by molar-refractivity contribution is -0.385. The number of aromatic nitrogens is 4. The Kier molecular flexibility index (Phi) is 16.3. The Balaban J connectivity index is 0.000000190. The number of hydrogen-bond donors (Lipinski definition) is 1. The van der Waals surface area contributed by atoms with E-state index in [-0.39, 0.29) is 71.3 Å². The first-order valence-corrected chi connectivity index (χ1v) is 29.5. The minimum absolute atomic E-state index is 0.0334. The maximum absolute atomic E-state index is 13.6. The number of aryl methyl sites for hydroxylation is 2. The molecule has 10 rings (SSSR count). The van der Waals surface area contributed by atoms with Crippen LogP contribution in [0.1, 0.15) is 61.8 Å². The molecule has 24 heteroatoms. The maximum Gasteiger partial charge on any atom is 0.316 e. The molecule has 20 nitrogen and oxygen atoms in total. The normalized spacial score (nSPS) is 17.2. The maximum atomic E-state index is 13.6. The number of nitrogens with two attached hydrogens (primary N) is 1. The first-order chi connectivity index (χ1) is 37.0. The predicted octanol–water partition coefficient (Wildman–Crippen LogP) is 7.54. The molecule has 6 aromatic rings. The molecule has 4 fully saturated rings. The van der Waals surface area contributed by atoms with E-state index in [1.165, 1.54) is 24.0 Å². The molecule has 0 bridgehead atoms. The highest BCUT2D eigenvalue weighted by molar-refractivity contribution is 7.88. The Labute approximate surface area is 463 Å². The number of nitrogens with zero attached hydrogens (tertiary/aromatic N) is 9. The Morgan fingerprint density at radius 1 is 0.615 bits per heavy atom. The largest absolute Gasteiger partial charge is 0.486 e. The van der Waals surface area contributed by atoms with Crippen LogP contribution >= 0.6 is 23.2 Å². The number of piperazine rings is 2. The molecule has 2 saturated heterocycles. The van der Waals surface area contributed by atoms with Crippen LogP contribution in [0.25, 0.3) is 11.4 Å². The van der Waals surface area contributed by atoms with Crippen molar-refractivity contribution in [3.05, 3.63) is 160 Å². The molecule has 4 aromatic carbocycles. The van der Waals surface area contributed by atoms with Crippen molar-refractivity contribution in [3.8, 4) is 22.9 Å². The van der Waals surface area contributed by atoms with Gasteiger partial charge in [0.05, 0.1) is 53.4 Å². The summed E-state index contributed by atoms with van der Waals surface area (Å²) in [5.41, 5.74) is 10.3. The number of nitro groups is 1. The van der Waals surface area contributed by atoms with Gasteiger partial charge in [-0.15, -0.1) is 0 Å². The van der Waals surface area contributed by atoms with Gasteiger partial charge in [0.25, 0.3) is 5.69 Å². The molecule has 414 valence electrons. The highest BCUT2D eigenvalue weighted by Gasteiger charge is 2.40. The van der Waals surface area contributed by atoms with Crippen molar-refractivity contribution >= 4 is 66.0 Å². The summed E-state index contributed by atoms with van der Waals surface area (Å²) in [6.07, 6.45) is 7.35. The fraction of sp³-hybridized carbons (Fsp3) is 0.407. The summed E-state index contributed by atoms with van der Waals surface area (Å²) in [6, 6.07) is 23.6. The number of sulfonamides is 2. The summed E-state index contributed by atoms with van der Waals surface area (Å²) in [4.78, 5) is 41.8. The van der Waals surface area contributed by atoms with E-state index in [4.69, 9.17) is 38.4 Å². The molecule has 78 heavy (non-hydrogen) atoms. The second-order valence-electron chi connectivity index (χ2n) is 21.2. The summed E-state index contributed by atoms with van der Waals surface area (Å²) >= 11 is 12.3. The number of nitrogen functional groups attached to an aromatic ring is 1. The van der Waals surface area contributed by atoms with Crippen molar-refractivity contribution in [2.75, 3.05) is 81.1 Å². The molecule has 0 unspecified atom stereocenters. The smallest absolute Gasteiger partial charge is 0.316 e.